The molecule has 0 saturated heterocycles. The number of ether oxygens (including phenoxy) is 3. The van der Waals surface area contributed by atoms with Gasteiger partial charge in [0, 0.05) is 12.0 Å². The summed E-state index contributed by atoms with van der Waals surface area (Å²) in [5.41, 5.74) is 1.80. The summed E-state index contributed by atoms with van der Waals surface area (Å²) in [6, 6.07) is 13.4. The number of carbonyl (C=O) groups is 1. The zero-order valence-corrected chi connectivity index (χ0v) is 17.2. The molecule has 1 amide bonds. The van der Waals surface area contributed by atoms with Gasteiger partial charge in [-0.1, -0.05) is 26.0 Å². The first-order valence-electron chi connectivity index (χ1n) is 9.66. The maximum atomic E-state index is 12.5. The topological polar surface area (TPSA) is 56.8 Å². The van der Waals surface area contributed by atoms with Crippen LogP contribution in [0, 0.1) is 0 Å². The average Bonchev–Trinajstić information content (AvgIpc) is 2.65. The van der Waals surface area contributed by atoms with Gasteiger partial charge in [0.25, 0.3) is 5.91 Å². The molecule has 1 N–H and O–H groups in total. The summed E-state index contributed by atoms with van der Waals surface area (Å²) >= 11 is 0. The highest BCUT2D eigenvalue weighted by atomic mass is 16.5. The molecule has 0 bridgehead atoms. The molecule has 2 aromatic carbocycles. The fourth-order valence-corrected chi connectivity index (χ4v) is 3.42. The highest BCUT2D eigenvalue weighted by molar-refractivity contribution is 5.78. The molecule has 0 aromatic heterocycles. The van der Waals surface area contributed by atoms with Crippen LogP contribution in [0.5, 0.6) is 17.2 Å². The molecule has 1 atom stereocenters. The number of benzene rings is 2. The Morgan fingerprint density at radius 2 is 1.86 bits per heavy atom. The van der Waals surface area contributed by atoms with Gasteiger partial charge in [0.1, 0.15) is 22.8 Å². The van der Waals surface area contributed by atoms with Crippen LogP contribution in [0.25, 0.3) is 0 Å². The lowest BCUT2D eigenvalue weighted by Crippen LogP contribution is -2.42. The van der Waals surface area contributed by atoms with Gasteiger partial charge in [0.2, 0.25) is 0 Å². The fourth-order valence-electron chi connectivity index (χ4n) is 3.42. The molecule has 1 aliphatic heterocycles. The van der Waals surface area contributed by atoms with Crippen molar-refractivity contribution < 1.29 is 19.0 Å². The van der Waals surface area contributed by atoms with Gasteiger partial charge in [-0.15, -0.1) is 0 Å². The summed E-state index contributed by atoms with van der Waals surface area (Å²) in [5.74, 6) is 2.50. The number of fused-ring (bicyclic) bond motifs is 1. The van der Waals surface area contributed by atoms with E-state index in [0.29, 0.717) is 18.1 Å². The molecule has 0 spiro atoms. The summed E-state index contributed by atoms with van der Waals surface area (Å²) in [6.45, 7) is 8.30. The van der Waals surface area contributed by atoms with Crippen LogP contribution in [0.1, 0.15) is 57.2 Å². The molecule has 5 nitrogen and oxygen atoms in total. The predicted molar refractivity (Wildman–Crippen MR) is 109 cm³/mol. The zero-order valence-electron chi connectivity index (χ0n) is 17.2. The Morgan fingerprint density at radius 3 is 2.50 bits per heavy atom. The Hall–Kier alpha value is -2.69. The Bertz CT molecular complexity index is 827. The van der Waals surface area contributed by atoms with Crippen LogP contribution in [0.2, 0.25) is 0 Å². The highest BCUT2D eigenvalue weighted by Crippen LogP contribution is 2.41. The predicted octanol–water partition coefficient (Wildman–Crippen LogP) is 4.62. The summed E-state index contributed by atoms with van der Waals surface area (Å²) in [4.78, 5) is 12.5. The first-order chi connectivity index (χ1) is 13.3. The molecule has 28 heavy (non-hydrogen) atoms. The van der Waals surface area contributed by atoms with E-state index in [1.807, 2.05) is 56.3 Å². The molecule has 1 heterocycles. The van der Waals surface area contributed by atoms with E-state index in [4.69, 9.17) is 14.2 Å². The normalized spacial score (nSPS) is 17.4. The number of rotatable bonds is 6. The van der Waals surface area contributed by atoms with Gasteiger partial charge in [-0.25, -0.2) is 0 Å². The number of hydrogen-bond donors (Lipinski definition) is 1. The molecule has 150 valence electrons. The van der Waals surface area contributed by atoms with Gasteiger partial charge in [0.15, 0.2) is 6.61 Å². The monoisotopic (exact) mass is 383 g/mol. The lowest BCUT2D eigenvalue weighted by atomic mass is 9.89. The fraction of sp³-hybridized carbons (Fsp3) is 0.435. The minimum atomic E-state index is -0.368. The van der Waals surface area contributed by atoms with Crippen LogP contribution in [-0.2, 0) is 4.79 Å². The number of amides is 1. The van der Waals surface area contributed by atoms with Crippen molar-refractivity contribution in [3.05, 3.63) is 53.6 Å². The van der Waals surface area contributed by atoms with E-state index in [1.54, 1.807) is 7.11 Å². The van der Waals surface area contributed by atoms with Gasteiger partial charge in [0.05, 0.1) is 13.2 Å². The molecule has 0 unspecified atom stereocenters. The van der Waals surface area contributed by atoms with Crippen molar-refractivity contribution in [2.24, 2.45) is 0 Å². The molecule has 0 radical (unpaired) electrons. The number of hydrogen-bond acceptors (Lipinski definition) is 4. The smallest absolute Gasteiger partial charge is 0.258 e. The molecular formula is C23H29NO4. The maximum Gasteiger partial charge on any atom is 0.258 e. The summed E-state index contributed by atoms with van der Waals surface area (Å²) in [6.07, 6.45) is 0.669. The van der Waals surface area contributed by atoms with Crippen molar-refractivity contribution in [2.75, 3.05) is 13.7 Å². The van der Waals surface area contributed by atoms with E-state index in [-0.39, 0.29) is 24.2 Å². The second-order valence-electron chi connectivity index (χ2n) is 8.10. The van der Waals surface area contributed by atoms with Gasteiger partial charge in [-0.3, -0.25) is 4.79 Å². The Kier molecular flexibility index (Phi) is 5.82. The van der Waals surface area contributed by atoms with Crippen molar-refractivity contribution in [3.8, 4) is 17.2 Å². The summed E-state index contributed by atoms with van der Waals surface area (Å²) < 4.78 is 17.0. The van der Waals surface area contributed by atoms with E-state index < -0.39 is 0 Å². The number of nitrogens with one attached hydrogen (secondary N) is 1. The van der Waals surface area contributed by atoms with Crippen LogP contribution < -0.4 is 19.5 Å². The quantitative estimate of drug-likeness (QED) is 0.791. The Morgan fingerprint density at radius 1 is 1.18 bits per heavy atom. The third-order valence-corrected chi connectivity index (χ3v) is 4.93. The highest BCUT2D eigenvalue weighted by Gasteiger charge is 2.34. The van der Waals surface area contributed by atoms with Crippen molar-refractivity contribution >= 4 is 5.91 Å². The van der Waals surface area contributed by atoms with Crippen molar-refractivity contribution in [1.82, 2.24) is 5.32 Å². The van der Waals surface area contributed by atoms with Gasteiger partial charge in [-0.2, -0.15) is 0 Å². The lowest BCUT2D eigenvalue weighted by molar-refractivity contribution is -0.124. The van der Waals surface area contributed by atoms with E-state index in [2.05, 4.69) is 19.2 Å². The molecule has 0 aliphatic carbocycles. The minimum Gasteiger partial charge on any atom is -0.497 e. The first kappa shape index (κ1) is 20.1. The average molecular weight is 383 g/mol. The lowest BCUT2D eigenvalue weighted by Gasteiger charge is -2.38. The SMILES string of the molecule is COc1ccc2c(c1)[C@H](NC(=O)COc1ccc(C(C)C)cc1)CC(C)(C)O2. The standard InChI is InChI=1S/C23H29NO4/c1-15(2)16-6-8-17(9-7-16)27-14-22(25)24-20-13-23(3,4)28-21-11-10-18(26-5)12-19(20)21/h6-12,15,20H,13-14H2,1-5H3,(H,24,25)/t20-/m1/s1. The molecule has 0 fully saturated rings. The molecule has 3 rings (SSSR count). The molecule has 0 saturated carbocycles. The second kappa shape index (κ2) is 8.13. The Balaban J connectivity index is 1.66. The van der Waals surface area contributed by atoms with E-state index in [1.165, 1.54) is 5.56 Å². The summed E-state index contributed by atoms with van der Waals surface area (Å²) in [7, 11) is 1.63. The van der Waals surface area contributed by atoms with Crippen LogP contribution in [0.3, 0.4) is 0 Å². The van der Waals surface area contributed by atoms with E-state index in [0.717, 1.165) is 17.1 Å². The van der Waals surface area contributed by atoms with Crippen LogP contribution in [0.4, 0.5) is 0 Å². The Labute approximate surface area is 167 Å². The maximum absolute atomic E-state index is 12.5. The van der Waals surface area contributed by atoms with Crippen molar-refractivity contribution in [1.29, 1.82) is 0 Å². The van der Waals surface area contributed by atoms with Crippen LogP contribution >= 0.6 is 0 Å². The van der Waals surface area contributed by atoms with Crippen molar-refractivity contribution in [2.45, 2.75) is 51.7 Å². The van der Waals surface area contributed by atoms with Crippen LogP contribution in [-0.4, -0.2) is 25.2 Å². The molecule has 2 aromatic rings. The van der Waals surface area contributed by atoms with Gasteiger partial charge < -0.3 is 19.5 Å². The number of carbonyl (C=O) groups excluding carboxylic acids is 1. The largest absolute Gasteiger partial charge is 0.497 e. The third-order valence-electron chi connectivity index (χ3n) is 4.93. The van der Waals surface area contributed by atoms with E-state index in [9.17, 15) is 4.79 Å². The molecule has 1 aliphatic rings. The summed E-state index contributed by atoms with van der Waals surface area (Å²) in [5, 5.41) is 3.08. The van der Waals surface area contributed by atoms with Crippen molar-refractivity contribution in [3.63, 3.8) is 0 Å². The first-order valence-corrected chi connectivity index (χ1v) is 9.66. The molecule has 5 heteroatoms. The van der Waals surface area contributed by atoms with E-state index >= 15 is 0 Å². The second-order valence-corrected chi connectivity index (χ2v) is 8.10. The third kappa shape index (κ3) is 4.77. The van der Waals surface area contributed by atoms with Crippen LogP contribution in [0.15, 0.2) is 42.5 Å². The number of methoxy groups -OCH3 is 1. The minimum absolute atomic E-state index is 0.0297. The van der Waals surface area contributed by atoms with Gasteiger partial charge >= 0.3 is 0 Å². The van der Waals surface area contributed by atoms with Gasteiger partial charge in [-0.05, 0) is 55.7 Å². The molecular weight excluding hydrogens is 354 g/mol. The zero-order chi connectivity index (χ0) is 20.3.